The Labute approximate surface area is 124 Å². The highest BCUT2D eigenvalue weighted by Crippen LogP contribution is 2.26. The summed E-state index contributed by atoms with van der Waals surface area (Å²) in [4.78, 5) is 16.1. The number of aryl methyl sites for hydroxylation is 1. The number of carbonyl (C=O) groups excluding carboxylic acids is 1. The Morgan fingerprint density at radius 2 is 2.10 bits per heavy atom. The second-order valence-electron chi connectivity index (χ2n) is 5.15. The van der Waals surface area contributed by atoms with E-state index < -0.39 is 0 Å². The average molecular weight is 288 g/mol. The third kappa shape index (κ3) is 3.67. The van der Waals surface area contributed by atoms with E-state index in [2.05, 4.69) is 34.7 Å². The van der Waals surface area contributed by atoms with Crippen LogP contribution in [0.2, 0.25) is 0 Å². The molecule has 0 aliphatic carbocycles. The lowest BCUT2D eigenvalue weighted by Gasteiger charge is -2.06. The molecule has 2 rings (SSSR count). The topological polar surface area (TPSA) is 42.0 Å². The fourth-order valence-corrected chi connectivity index (χ4v) is 2.82. The highest BCUT2D eigenvalue weighted by atomic mass is 32.1. The van der Waals surface area contributed by atoms with Crippen LogP contribution in [0.5, 0.6) is 0 Å². The van der Waals surface area contributed by atoms with Crippen LogP contribution in [0.25, 0.3) is 10.6 Å². The Hall–Kier alpha value is -1.68. The molecule has 20 heavy (non-hydrogen) atoms. The average Bonchev–Trinajstić information content (AvgIpc) is 2.87. The maximum Gasteiger partial charge on any atom is 0.222 e. The molecule has 1 amide bonds. The number of carbonyl (C=O) groups is 1. The van der Waals surface area contributed by atoms with Crippen LogP contribution in [-0.2, 0) is 11.2 Å². The molecule has 4 heteroatoms. The molecule has 0 spiro atoms. The number of nitrogens with one attached hydrogen (secondary N) is 1. The van der Waals surface area contributed by atoms with E-state index in [0.29, 0.717) is 6.54 Å². The van der Waals surface area contributed by atoms with E-state index in [1.807, 2.05) is 26.0 Å². The van der Waals surface area contributed by atoms with Gasteiger partial charge in [-0.3, -0.25) is 4.79 Å². The summed E-state index contributed by atoms with van der Waals surface area (Å²) in [6.45, 7) is 6.54. The third-order valence-electron chi connectivity index (χ3n) is 3.13. The van der Waals surface area contributed by atoms with Crippen LogP contribution < -0.4 is 5.32 Å². The molecule has 1 N–H and O–H groups in total. The van der Waals surface area contributed by atoms with Gasteiger partial charge in [-0.05, 0) is 12.5 Å². The van der Waals surface area contributed by atoms with E-state index in [0.717, 1.165) is 17.1 Å². The van der Waals surface area contributed by atoms with Crippen LogP contribution >= 0.6 is 11.3 Å². The van der Waals surface area contributed by atoms with Crippen molar-refractivity contribution in [3.05, 3.63) is 40.9 Å². The molecule has 0 saturated carbocycles. The van der Waals surface area contributed by atoms with Crippen molar-refractivity contribution in [3.63, 3.8) is 0 Å². The quantitative estimate of drug-likeness (QED) is 0.916. The lowest BCUT2D eigenvalue weighted by Crippen LogP contribution is -2.29. The molecule has 0 radical (unpaired) electrons. The summed E-state index contributed by atoms with van der Waals surface area (Å²) in [6, 6.07) is 8.26. The Kier molecular flexibility index (Phi) is 4.90. The van der Waals surface area contributed by atoms with Crippen molar-refractivity contribution < 1.29 is 4.79 Å². The maximum absolute atomic E-state index is 11.5. The first-order valence-electron chi connectivity index (χ1n) is 6.86. The van der Waals surface area contributed by atoms with Gasteiger partial charge in [-0.25, -0.2) is 4.98 Å². The summed E-state index contributed by atoms with van der Waals surface area (Å²) in [5.41, 5.74) is 3.47. The summed E-state index contributed by atoms with van der Waals surface area (Å²) in [5.74, 6) is 0.132. The Balaban J connectivity index is 1.96. The fourth-order valence-electron chi connectivity index (χ4n) is 1.88. The summed E-state index contributed by atoms with van der Waals surface area (Å²) in [7, 11) is 0. The molecule has 0 fully saturated rings. The van der Waals surface area contributed by atoms with Crippen molar-refractivity contribution in [2.45, 2.75) is 27.2 Å². The van der Waals surface area contributed by atoms with Crippen LogP contribution in [-0.4, -0.2) is 17.4 Å². The van der Waals surface area contributed by atoms with Crippen LogP contribution in [0.4, 0.5) is 0 Å². The molecule has 3 nitrogen and oxygen atoms in total. The number of amides is 1. The zero-order chi connectivity index (χ0) is 14.5. The molecule has 0 aliphatic rings. The molecule has 106 valence electrons. The van der Waals surface area contributed by atoms with Crippen molar-refractivity contribution in [2.75, 3.05) is 6.54 Å². The van der Waals surface area contributed by atoms with Crippen LogP contribution in [0, 0.1) is 12.8 Å². The van der Waals surface area contributed by atoms with E-state index in [1.165, 1.54) is 11.1 Å². The van der Waals surface area contributed by atoms with Crippen molar-refractivity contribution in [3.8, 4) is 10.6 Å². The Bertz CT molecular complexity index is 590. The third-order valence-corrected chi connectivity index (χ3v) is 4.06. The molecule has 1 aromatic heterocycles. The van der Waals surface area contributed by atoms with Crippen molar-refractivity contribution >= 4 is 17.2 Å². The number of rotatable bonds is 5. The Morgan fingerprint density at radius 1 is 1.35 bits per heavy atom. The minimum atomic E-state index is 0.0352. The summed E-state index contributed by atoms with van der Waals surface area (Å²) in [6.07, 6.45) is 0.779. The molecule has 0 unspecified atom stereocenters. The van der Waals surface area contributed by atoms with E-state index in [-0.39, 0.29) is 11.8 Å². The van der Waals surface area contributed by atoms with Crippen molar-refractivity contribution in [1.82, 2.24) is 10.3 Å². The molecule has 1 heterocycles. The molecule has 0 bridgehead atoms. The van der Waals surface area contributed by atoms with Crippen LogP contribution in [0.15, 0.2) is 29.6 Å². The standard InChI is InChI=1S/C16H20N2OS/c1-11(2)15(19)17-9-8-13-10-20-16(18-13)14-7-5-4-6-12(14)3/h4-7,10-11H,8-9H2,1-3H3,(H,17,19). The number of thiazole rings is 1. The van der Waals surface area contributed by atoms with Crippen LogP contribution in [0.1, 0.15) is 25.1 Å². The maximum atomic E-state index is 11.5. The first-order chi connectivity index (χ1) is 9.58. The summed E-state index contributed by atoms with van der Waals surface area (Å²) in [5, 5.41) is 6.04. The smallest absolute Gasteiger partial charge is 0.222 e. The summed E-state index contributed by atoms with van der Waals surface area (Å²) >= 11 is 1.66. The highest BCUT2D eigenvalue weighted by molar-refractivity contribution is 7.13. The Morgan fingerprint density at radius 3 is 2.80 bits per heavy atom. The molecular weight excluding hydrogens is 268 g/mol. The van der Waals surface area contributed by atoms with E-state index in [4.69, 9.17) is 0 Å². The second-order valence-corrected chi connectivity index (χ2v) is 6.01. The lowest BCUT2D eigenvalue weighted by atomic mass is 10.1. The highest BCUT2D eigenvalue weighted by Gasteiger charge is 2.08. The normalized spacial score (nSPS) is 10.8. The lowest BCUT2D eigenvalue weighted by molar-refractivity contribution is -0.123. The SMILES string of the molecule is Cc1ccccc1-c1nc(CCNC(=O)C(C)C)cs1. The minimum absolute atomic E-state index is 0.0352. The van der Waals surface area contributed by atoms with E-state index >= 15 is 0 Å². The molecule has 0 atom stereocenters. The van der Waals surface area contributed by atoms with Gasteiger partial charge in [0.1, 0.15) is 5.01 Å². The largest absolute Gasteiger partial charge is 0.355 e. The zero-order valence-corrected chi connectivity index (χ0v) is 13.0. The molecule has 1 aromatic carbocycles. The summed E-state index contributed by atoms with van der Waals surface area (Å²) < 4.78 is 0. The van der Waals surface area contributed by atoms with E-state index in [9.17, 15) is 4.79 Å². The van der Waals surface area contributed by atoms with Crippen molar-refractivity contribution in [1.29, 1.82) is 0 Å². The number of hydrogen-bond acceptors (Lipinski definition) is 3. The van der Waals surface area contributed by atoms with Crippen LogP contribution in [0.3, 0.4) is 0 Å². The first kappa shape index (κ1) is 14.7. The second kappa shape index (κ2) is 6.66. The van der Waals surface area contributed by atoms with E-state index in [1.54, 1.807) is 11.3 Å². The van der Waals surface area contributed by atoms with Gasteiger partial charge in [0.05, 0.1) is 5.69 Å². The number of nitrogens with zero attached hydrogens (tertiary/aromatic N) is 1. The number of aromatic nitrogens is 1. The van der Waals surface area contributed by atoms with Gasteiger partial charge in [-0.1, -0.05) is 38.1 Å². The van der Waals surface area contributed by atoms with Gasteiger partial charge in [-0.2, -0.15) is 0 Å². The van der Waals surface area contributed by atoms with Gasteiger partial charge in [0.2, 0.25) is 5.91 Å². The minimum Gasteiger partial charge on any atom is -0.355 e. The monoisotopic (exact) mass is 288 g/mol. The van der Waals surface area contributed by atoms with Gasteiger partial charge < -0.3 is 5.32 Å². The van der Waals surface area contributed by atoms with Gasteiger partial charge in [0.25, 0.3) is 0 Å². The number of hydrogen-bond donors (Lipinski definition) is 1. The van der Waals surface area contributed by atoms with Crippen molar-refractivity contribution in [2.24, 2.45) is 5.92 Å². The predicted octanol–water partition coefficient (Wildman–Crippen LogP) is 3.43. The zero-order valence-electron chi connectivity index (χ0n) is 12.1. The molecule has 0 aliphatic heterocycles. The molecule has 0 saturated heterocycles. The predicted molar refractivity (Wildman–Crippen MR) is 83.8 cm³/mol. The first-order valence-corrected chi connectivity index (χ1v) is 7.74. The van der Waals surface area contributed by atoms with Gasteiger partial charge in [0.15, 0.2) is 0 Å². The number of benzene rings is 1. The van der Waals surface area contributed by atoms with Gasteiger partial charge in [0, 0.05) is 29.8 Å². The molecule has 2 aromatic rings. The molecular formula is C16H20N2OS. The van der Waals surface area contributed by atoms with Gasteiger partial charge in [-0.15, -0.1) is 11.3 Å². The fraction of sp³-hybridized carbons (Fsp3) is 0.375. The van der Waals surface area contributed by atoms with Gasteiger partial charge >= 0.3 is 0 Å².